The van der Waals surface area contributed by atoms with Crippen molar-refractivity contribution in [2.24, 2.45) is 0 Å². The summed E-state index contributed by atoms with van der Waals surface area (Å²) in [5, 5.41) is 5.55. The van der Waals surface area contributed by atoms with Gasteiger partial charge in [-0.1, -0.05) is 40.2 Å². The van der Waals surface area contributed by atoms with Crippen molar-refractivity contribution < 1.29 is 13.6 Å². The molecular formula is C27H23BrF2N4O2. The van der Waals surface area contributed by atoms with Gasteiger partial charge in [-0.2, -0.15) is 5.10 Å². The van der Waals surface area contributed by atoms with E-state index in [1.807, 2.05) is 0 Å². The molecule has 1 aliphatic heterocycles. The number of aromatic nitrogens is 2. The van der Waals surface area contributed by atoms with Crippen LogP contribution in [-0.2, 0) is 17.8 Å². The number of anilines is 1. The highest BCUT2D eigenvalue weighted by Crippen LogP contribution is 2.20. The second-order valence-electron chi connectivity index (χ2n) is 8.71. The van der Waals surface area contributed by atoms with Gasteiger partial charge in [-0.3, -0.25) is 9.59 Å². The van der Waals surface area contributed by atoms with Crippen molar-refractivity contribution in [2.45, 2.75) is 13.0 Å². The van der Waals surface area contributed by atoms with E-state index in [2.05, 4.69) is 25.9 Å². The summed E-state index contributed by atoms with van der Waals surface area (Å²) in [5.74, 6) is -0.814. The SMILES string of the molecule is O=C(Cc1nn(Cc2ccc(Br)cc2F)c(=O)c2ccccc12)N1CCN(c2ccc(F)cc2)CC1. The minimum absolute atomic E-state index is 0.0279. The average molecular weight is 553 g/mol. The highest BCUT2D eigenvalue weighted by molar-refractivity contribution is 9.10. The van der Waals surface area contributed by atoms with Crippen LogP contribution in [0.25, 0.3) is 10.8 Å². The first-order valence-corrected chi connectivity index (χ1v) is 12.4. The molecule has 1 saturated heterocycles. The molecule has 2 heterocycles. The van der Waals surface area contributed by atoms with Crippen molar-refractivity contribution in [1.29, 1.82) is 0 Å². The molecule has 0 saturated carbocycles. The predicted molar refractivity (Wildman–Crippen MR) is 138 cm³/mol. The van der Waals surface area contributed by atoms with Crippen molar-refractivity contribution in [3.63, 3.8) is 0 Å². The maximum Gasteiger partial charge on any atom is 0.274 e. The zero-order valence-electron chi connectivity index (χ0n) is 19.3. The molecule has 3 aromatic carbocycles. The van der Waals surface area contributed by atoms with E-state index in [0.29, 0.717) is 52.7 Å². The number of nitrogens with zero attached hydrogens (tertiary/aromatic N) is 4. The van der Waals surface area contributed by atoms with Crippen molar-refractivity contribution in [2.75, 3.05) is 31.1 Å². The van der Waals surface area contributed by atoms with Crippen molar-refractivity contribution in [1.82, 2.24) is 14.7 Å². The fraction of sp³-hybridized carbons (Fsp3) is 0.222. The molecule has 0 aliphatic carbocycles. The van der Waals surface area contributed by atoms with Gasteiger partial charge in [0.15, 0.2) is 0 Å². The van der Waals surface area contributed by atoms with E-state index in [4.69, 9.17) is 0 Å². The smallest absolute Gasteiger partial charge is 0.274 e. The molecule has 6 nitrogen and oxygen atoms in total. The van der Waals surface area contributed by atoms with E-state index in [1.54, 1.807) is 53.4 Å². The van der Waals surface area contributed by atoms with Gasteiger partial charge in [0.25, 0.3) is 5.56 Å². The molecule has 0 spiro atoms. The van der Waals surface area contributed by atoms with E-state index in [-0.39, 0.29) is 30.2 Å². The Balaban J connectivity index is 1.36. The van der Waals surface area contributed by atoms with Gasteiger partial charge in [0.2, 0.25) is 5.91 Å². The minimum atomic E-state index is -0.442. The average Bonchev–Trinajstić information content (AvgIpc) is 2.89. The maximum atomic E-state index is 14.5. The summed E-state index contributed by atoms with van der Waals surface area (Å²) in [7, 11) is 0. The Hall–Kier alpha value is -3.59. The van der Waals surface area contributed by atoms with Crippen LogP contribution >= 0.6 is 15.9 Å². The molecule has 9 heteroatoms. The third-order valence-electron chi connectivity index (χ3n) is 6.42. The van der Waals surface area contributed by atoms with Crippen LogP contribution in [0.1, 0.15) is 11.3 Å². The number of benzene rings is 3. The van der Waals surface area contributed by atoms with Gasteiger partial charge < -0.3 is 9.80 Å². The normalized spacial score (nSPS) is 13.9. The van der Waals surface area contributed by atoms with Gasteiger partial charge in [-0.15, -0.1) is 0 Å². The second-order valence-corrected chi connectivity index (χ2v) is 9.63. The lowest BCUT2D eigenvalue weighted by molar-refractivity contribution is -0.130. The number of fused-ring (bicyclic) bond motifs is 1. The van der Waals surface area contributed by atoms with Crippen LogP contribution < -0.4 is 10.5 Å². The second kappa shape index (κ2) is 10.2. The largest absolute Gasteiger partial charge is 0.368 e. The molecule has 0 unspecified atom stereocenters. The number of carbonyl (C=O) groups is 1. The van der Waals surface area contributed by atoms with Crippen molar-refractivity contribution >= 4 is 38.3 Å². The number of carbonyl (C=O) groups excluding carboxylic acids is 1. The first kappa shape index (κ1) is 24.1. The highest BCUT2D eigenvalue weighted by Gasteiger charge is 2.23. The zero-order chi connectivity index (χ0) is 25.2. The Bertz CT molecular complexity index is 1480. The fourth-order valence-electron chi connectivity index (χ4n) is 4.48. The number of amides is 1. The molecular weight excluding hydrogens is 530 g/mol. The Morgan fingerprint density at radius 1 is 0.917 bits per heavy atom. The Morgan fingerprint density at radius 3 is 2.31 bits per heavy atom. The molecule has 1 aliphatic rings. The fourth-order valence-corrected chi connectivity index (χ4v) is 4.81. The molecule has 1 amide bonds. The number of hydrogen-bond donors (Lipinski definition) is 0. The van der Waals surface area contributed by atoms with E-state index in [0.717, 1.165) is 5.69 Å². The molecule has 4 aromatic rings. The van der Waals surface area contributed by atoms with Gasteiger partial charge in [-0.25, -0.2) is 13.5 Å². The van der Waals surface area contributed by atoms with E-state index in [9.17, 15) is 18.4 Å². The lowest BCUT2D eigenvalue weighted by Crippen LogP contribution is -2.49. The van der Waals surface area contributed by atoms with Crippen LogP contribution in [0, 0.1) is 11.6 Å². The first-order valence-electron chi connectivity index (χ1n) is 11.6. The zero-order valence-corrected chi connectivity index (χ0v) is 20.9. The van der Waals surface area contributed by atoms with Crippen LogP contribution in [-0.4, -0.2) is 46.8 Å². The van der Waals surface area contributed by atoms with Gasteiger partial charge >= 0.3 is 0 Å². The van der Waals surface area contributed by atoms with Crippen LogP contribution in [0.5, 0.6) is 0 Å². The number of rotatable bonds is 5. The molecule has 0 bridgehead atoms. The third-order valence-corrected chi connectivity index (χ3v) is 6.92. The van der Waals surface area contributed by atoms with Crippen LogP contribution in [0.15, 0.2) is 76.0 Å². The summed E-state index contributed by atoms with van der Waals surface area (Å²) in [5.41, 5.74) is 1.39. The van der Waals surface area contributed by atoms with E-state index >= 15 is 0 Å². The molecule has 1 aromatic heterocycles. The lowest BCUT2D eigenvalue weighted by atomic mass is 10.1. The van der Waals surface area contributed by atoms with E-state index in [1.165, 1.54) is 22.9 Å². The summed E-state index contributed by atoms with van der Waals surface area (Å²) in [6.07, 6.45) is 0.0279. The summed E-state index contributed by atoms with van der Waals surface area (Å²) < 4.78 is 29.5. The lowest BCUT2D eigenvalue weighted by Gasteiger charge is -2.36. The quantitative estimate of drug-likeness (QED) is 0.369. The molecule has 184 valence electrons. The Labute approximate surface area is 214 Å². The third kappa shape index (κ3) is 5.02. The van der Waals surface area contributed by atoms with Crippen LogP contribution in [0.2, 0.25) is 0 Å². The monoisotopic (exact) mass is 552 g/mol. The number of hydrogen-bond acceptors (Lipinski definition) is 4. The Kier molecular flexibility index (Phi) is 6.82. The topological polar surface area (TPSA) is 58.4 Å². The van der Waals surface area contributed by atoms with Crippen molar-refractivity contribution in [3.8, 4) is 0 Å². The molecule has 0 atom stereocenters. The van der Waals surface area contributed by atoms with E-state index < -0.39 is 5.82 Å². The summed E-state index contributed by atoms with van der Waals surface area (Å²) in [6.45, 7) is 2.28. The van der Waals surface area contributed by atoms with Crippen molar-refractivity contribution in [3.05, 3.63) is 104 Å². The maximum absolute atomic E-state index is 14.5. The molecule has 36 heavy (non-hydrogen) atoms. The predicted octanol–water partition coefficient (Wildman–Crippen LogP) is 4.38. The first-order chi connectivity index (χ1) is 17.4. The van der Waals surface area contributed by atoms with Gasteiger partial charge in [0, 0.05) is 47.3 Å². The van der Waals surface area contributed by atoms with Crippen LogP contribution in [0.3, 0.4) is 0 Å². The summed E-state index contributed by atoms with van der Waals surface area (Å²) in [6, 6.07) is 18.0. The van der Waals surface area contributed by atoms with Crippen LogP contribution in [0.4, 0.5) is 14.5 Å². The summed E-state index contributed by atoms with van der Waals surface area (Å²) >= 11 is 3.24. The molecule has 1 fully saturated rings. The van der Waals surface area contributed by atoms with Gasteiger partial charge in [0.05, 0.1) is 24.0 Å². The summed E-state index contributed by atoms with van der Waals surface area (Å²) in [4.78, 5) is 30.2. The number of halogens is 3. The molecule has 0 radical (unpaired) electrons. The highest BCUT2D eigenvalue weighted by atomic mass is 79.9. The standard InChI is InChI=1S/C27H23BrF2N4O2/c28-19-6-5-18(24(30)15-19)17-34-27(36)23-4-2-1-3-22(23)25(31-34)16-26(35)33-13-11-32(12-14-33)21-9-7-20(29)8-10-21/h1-10,15H,11-14,16-17H2. The Morgan fingerprint density at radius 2 is 1.61 bits per heavy atom. The number of piperazine rings is 1. The van der Waals surface area contributed by atoms with Gasteiger partial charge in [0.1, 0.15) is 11.6 Å². The molecule has 5 rings (SSSR count). The molecule has 0 N–H and O–H groups in total. The minimum Gasteiger partial charge on any atom is -0.368 e. The van der Waals surface area contributed by atoms with Gasteiger partial charge in [-0.05, 0) is 42.5 Å².